The number of pyridine rings is 2. The maximum atomic E-state index is 3.98. The second-order valence-corrected chi connectivity index (χ2v) is 2.93. The largest absolute Gasteiger partial charge is 0.262 e. The Labute approximate surface area is 90.3 Å². The molecule has 2 aromatic heterocycles. The first-order chi connectivity index (χ1) is 7.33. The highest BCUT2D eigenvalue weighted by molar-refractivity contribution is 5.40. The van der Waals surface area contributed by atoms with Crippen molar-refractivity contribution in [3.05, 3.63) is 66.8 Å². The zero-order valence-corrected chi connectivity index (χ0v) is 8.80. The summed E-state index contributed by atoms with van der Waals surface area (Å²) in [4.78, 5) is 7.96. The molecule has 2 heteroatoms. The lowest BCUT2D eigenvalue weighted by Crippen LogP contribution is -1.73. The van der Waals surface area contributed by atoms with E-state index in [0.29, 0.717) is 0 Å². The van der Waals surface area contributed by atoms with Crippen LogP contribution in [0.2, 0.25) is 0 Å². The van der Waals surface area contributed by atoms with Gasteiger partial charge in [-0.3, -0.25) is 9.97 Å². The van der Waals surface area contributed by atoms with E-state index in [9.17, 15) is 0 Å². The normalized spacial score (nSPS) is 8.60. The van der Waals surface area contributed by atoms with Crippen LogP contribution in [0.15, 0.2) is 55.4 Å². The summed E-state index contributed by atoms with van der Waals surface area (Å²) in [7, 11) is 0. The van der Waals surface area contributed by atoms with Gasteiger partial charge in [-0.15, -0.1) is 0 Å². The highest BCUT2D eigenvalue weighted by Crippen LogP contribution is 1.91. The van der Waals surface area contributed by atoms with Crippen molar-refractivity contribution in [3.63, 3.8) is 0 Å². The summed E-state index contributed by atoms with van der Waals surface area (Å²) < 4.78 is 0. The summed E-state index contributed by atoms with van der Waals surface area (Å²) in [5, 5.41) is 0. The van der Waals surface area contributed by atoms with Crippen LogP contribution in [0.5, 0.6) is 0 Å². The summed E-state index contributed by atoms with van der Waals surface area (Å²) in [6, 6.07) is 11.6. The van der Waals surface area contributed by atoms with Crippen molar-refractivity contribution in [3.8, 4) is 0 Å². The Morgan fingerprint density at radius 3 is 1.93 bits per heavy atom. The molecular formula is C13H14N2. The van der Waals surface area contributed by atoms with Gasteiger partial charge < -0.3 is 0 Å². The molecule has 2 nitrogen and oxygen atoms in total. The third-order valence-electron chi connectivity index (χ3n) is 1.71. The predicted octanol–water partition coefficient (Wildman–Crippen LogP) is 3.11. The molecule has 0 aliphatic carbocycles. The van der Waals surface area contributed by atoms with E-state index < -0.39 is 0 Å². The molecule has 2 aromatic rings. The molecule has 0 saturated heterocycles. The molecule has 0 aromatic carbocycles. The van der Waals surface area contributed by atoms with E-state index in [1.807, 2.05) is 43.3 Å². The average molecular weight is 198 g/mol. The summed E-state index contributed by atoms with van der Waals surface area (Å²) >= 11 is 0. The quantitative estimate of drug-likeness (QED) is 0.703. The molecule has 15 heavy (non-hydrogen) atoms. The number of aryl methyl sites for hydroxylation is 1. The molecule has 0 bridgehead atoms. The fraction of sp³-hybridized carbons (Fsp3) is 0.0769. The second-order valence-electron chi connectivity index (χ2n) is 2.93. The van der Waals surface area contributed by atoms with Crippen molar-refractivity contribution in [2.75, 3.05) is 0 Å². The van der Waals surface area contributed by atoms with Gasteiger partial charge in [-0.05, 0) is 37.3 Å². The zero-order valence-electron chi connectivity index (χ0n) is 8.80. The third-order valence-corrected chi connectivity index (χ3v) is 1.71. The molecule has 0 N–H and O–H groups in total. The van der Waals surface area contributed by atoms with Crippen LogP contribution in [0.1, 0.15) is 11.4 Å². The highest BCUT2D eigenvalue weighted by atomic mass is 14.6. The zero-order chi connectivity index (χ0) is 10.9. The second kappa shape index (κ2) is 6.49. The van der Waals surface area contributed by atoms with Gasteiger partial charge in [0.25, 0.3) is 0 Å². The fourth-order valence-corrected chi connectivity index (χ4v) is 0.945. The van der Waals surface area contributed by atoms with Crippen molar-refractivity contribution in [2.24, 2.45) is 0 Å². The van der Waals surface area contributed by atoms with Crippen LogP contribution in [-0.4, -0.2) is 9.97 Å². The lowest BCUT2D eigenvalue weighted by Gasteiger charge is -1.84. The first-order valence-electron chi connectivity index (χ1n) is 4.74. The smallest absolute Gasteiger partial charge is 0.0623 e. The van der Waals surface area contributed by atoms with E-state index in [1.165, 1.54) is 0 Å². The van der Waals surface area contributed by atoms with Crippen LogP contribution in [0.3, 0.4) is 0 Å². The summed E-state index contributed by atoms with van der Waals surface area (Å²) in [5.41, 5.74) is 2.00. The van der Waals surface area contributed by atoms with Crippen LogP contribution < -0.4 is 0 Å². The Morgan fingerprint density at radius 2 is 1.67 bits per heavy atom. The minimum Gasteiger partial charge on any atom is -0.262 e. The molecule has 0 fully saturated rings. The molecule has 0 aliphatic rings. The predicted molar refractivity (Wildman–Crippen MR) is 63.3 cm³/mol. The first-order valence-corrected chi connectivity index (χ1v) is 4.74. The third kappa shape index (κ3) is 4.72. The van der Waals surface area contributed by atoms with Crippen LogP contribution >= 0.6 is 0 Å². The number of aromatic nitrogens is 2. The minimum atomic E-state index is 0.924. The number of nitrogens with zero attached hydrogens (tertiary/aromatic N) is 2. The number of rotatable bonds is 1. The van der Waals surface area contributed by atoms with Gasteiger partial charge in [0.2, 0.25) is 0 Å². The molecular weight excluding hydrogens is 184 g/mol. The molecule has 2 rings (SSSR count). The Kier molecular flexibility index (Phi) is 4.81. The Bertz CT molecular complexity index is 382. The van der Waals surface area contributed by atoms with Crippen molar-refractivity contribution >= 4 is 6.08 Å². The van der Waals surface area contributed by atoms with Crippen molar-refractivity contribution < 1.29 is 0 Å². The van der Waals surface area contributed by atoms with Gasteiger partial charge in [0.15, 0.2) is 0 Å². The van der Waals surface area contributed by atoms with Gasteiger partial charge in [0.1, 0.15) is 0 Å². The fourth-order valence-electron chi connectivity index (χ4n) is 0.945. The van der Waals surface area contributed by atoms with Crippen molar-refractivity contribution in [2.45, 2.75) is 6.92 Å². The Balaban J connectivity index is 0.000000151. The molecule has 76 valence electrons. The number of hydrogen-bond donors (Lipinski definition) is 0. The van der Waals surface area contributed by atoms with Gasteiger partial charge in [0.05, 0.1) is 5.69 Å². The van der Waals surface area contributed by atoms with Crippen molar-refractivity contribution in [1.82, 2.24) is 9.97 Å². The summed E-state index contributed by atoms with van der Waals surface area (Å²) in [6.07, 6.45) is 5.26. The SMILES string of the molecule is C=Cc1ccccn1.Cc1ccccn1. The van der Waals surface area contributed by atoms with Crippen molar-refractivity contribution in [1.29, 1.82) is 0 Å². The van der Waals surface area contributed by atoms with E-state index in [4.69, 9.17) is 0 Å². The minimum absolute atomic E-state index is 0.924. The van der Waals surface area contributed by atoms with E-state index >= 15 is 0 Å². The molecule has 0 radical (unpaired) electrons. The maximum absolute atomic E-state index is 3.98. The number of hydrogen-bond acceptors (Lipinski definition) is 2. The van der Waals surface area contributed by atoms with Gasteiger partial charge in [-0.25, -0.2) is 0 Å². The summed E-state index contributed by atoms with van der Waals surface area (Å²) in [6.45, 7) is 5.54. The summed E-state index contributed by atoms with van der Waals surface area (Å²) in [5.74, 6) is 0. The highest BCUT2D eigenvalue weighted by Gasteiger charge is 1.77. The van der Waals surface area contributed by atoms with Gasteiger partial charge in [-0.2, -0.15) is 0 Å². The average Bonchev–Trinajstić information content (AvgIpc) is 2.32. The van der Waals surface area contributed by atoms with Gasteiger partial charge >= 0.3 is 0 Å². The Hall–Kier alpha value is -1.96. The molecule has 0 saturated carbocycles. The van der Waals surface area contributed by atoms with Crippen LogP contribution in [0.4, 0.5) is 0 Å². The molecule has 0 atom stereocenters. The van der Waals surface area contributed by atoms with Gasteiger partial charge in [-0.1, -0.05) is 18.7 Å². The molecule has 0 unspecified atom stereocenters. The van der Waals surface area contributed by atoms with E-state index in [1.54, 1.807) is 18.5 Å². The van der Waals surface area contributed by atoms with E-state index in [0.717, 1.165) is 11.4 Å². The molecule has 0 aliphatic heterocycles. The van der Waals surface area contributed by atoms with Gasteiger partial charge in [0, 0.05) is 18.1 Å². The lowest BCUT2D eigenvalue weighted by molar-refractivity contribution is 1.20. The van der Waals surface area contributed by atoms with E-state index in [-0.39, 0.29) is 0 Å². The molecule has 2 heterocycles. The monoisotopic (exact) mass is 198 g/mol. The Morgan fingerprint density at radius 1 is 1.00 bits per heavy atom. The lowest BCUT2D eigenvalue weighted by atomic mass is 10.4. The van der Waals surface area contributed by atoms with Crippen LogP contribution in [0, 0.1) is 6.92 Å². The molecule has 0 amide bonds. The molecule has 0 spiro atoms. The standard InChI is InChI=1S/C7H7N.C6H7N/c1-2-7-5-3-4-6-8-7;1-6-4-2-3-5-7-6/h2-6H,1H2;2-5H,1H3. The first kappa shape index (κ1) is 11.1. The van der Waals surface area contributed by atoms with Crippen LogP contribution in [0.25, 0.3) is 6.08 Å². The maximum Gasteiger partial charge on any atom is 0.0623 e. The topological polar surface area (TPSA) is 25.8 Å². The van der Waals surface area contributed by atoms with Crippen LogP contribution in [-0.2, 0) is 0 Å². The van der Waals surface area contributed by atoms with E-state index in [2.05, 4.69) is 16.5 Å².